The molecule has 0 aromatic heterocycles. The van der Waals surface area contributed by atoms with Gasteiger partial charge in [0.1, 0.15) is 18.2 Å². The zero-order valence-electron chi connectivity index (χ0n) is 18.3. The minimum absolute atomic E-state index is 0.248. The molecule has 0 unspecified atom stereocenters. The van der Waals surface area contributed by atoms with Gasteiger partial charge in [-0.2, -0.15) is 0 Å². The Bertz CT molecular complexity index is 784. The lowest BCUT2D eigenvalue weighted by atomic mass is 9.99. The second-order valence-electron chi connectivity index (χ2n) is 7.22. The Kier molecular flexibility index (Phi) is 10.6. The van der Waals surface area contributed by atoms with E-state index < -0.39 is 17.9 Å². The molecular formula is C25H31FO5. The Hall–Kier alpha value is -2.89. The molecule has 0 aliphatic rings. The quantitative estimate of drug-likeness (QED) is 0.247. The highest BCUT2D eigenvalue weighted by molar-refractivity contribution is 5.94. The first-order valence-electron chi connectivity index (χ1n) is 10.8. The molecule has 0 radical (unpaired) electrons. The molecule has 0 saturated carbocycles. The third-order valence-electron chi connectivity index (χ3n) is 4.84. The second kappa shape index (κ2) is 13.4. The molecule has 0 atom stereocenters. The number of hydrogen-bond acceptors (Lipinski definition) is 5. The largest absolute Gasteiger partial charge is 0.489 e. The third kappa shape index (κ3) is 8.79. The van der Waals surface area contributed by atoms with Gasteiger partial charge in [0.15, 0.2) is 5.92 Å². The number of carbonyl (C=O) groups excluding carboxylic acids is 2. The normalized spacial score (nSPS) is 10.7. The molecule has 31 heavy (non-hydrogen) atoms. The second-order valence-corrected chi connectivity index (χ2v) is 7.22. The number of carbonyl (C=O) groups is 2. The van der Waals surface area contributed by atoms with E-state index in [0.29, 0.717) is 13.0 Å². The molecule has 0 amide bonds. The summed E-state index contributed by atoms with van der Waals surface area (Å²) in [7, 11) is 0. The average molecular weight is 431 g/mol. The highest BCUT2D eigenvalue weighted by atomic mass is 19.1. The third-order valence-corrected chi connectivity index (χ3v) is 4.84. The maximum atomic E-state index is 12.9. The smallest absolute Gasteiger partial charge is 0.320 e. The first kappa shape index (κ1) is 24.4. The summed E-state index contributed by atoms with van der Waals surface area (Å²) >= 11 is 0. The van der Waals surface area contributed by atoms with Crippen LogP contribution in [0.3, 0.4) is 0 Å². The number of hydrogen-bond donors (Lipinski definition) is 0. The first-order chi connectivity index (χ1) is 15.0. The van der Waals surface area contributed by atoms with Crippen molar-refractivity contribution in [2.75, 3.05) is 13.2 Å². The van der Waals surface area contributed by atoms with Crippen molar-refractivity contribution in [2.24, 2.45) is 5.92 Å². The Morgan fingerprint density at radius 2 is 1.39 bits per heavy atom. The molecule has 5 nitrogen and oxygen atoms in total. The van der Waals surface area contributed by atoms with Crippen molar-refractivity contribution in [3.63, 3.8) is 0 Å². The number of rotatable bonds is 13. The van der Waals surface area contributed by atoms with Crippen molar-refractivity contribution in [1.29, 1.82) is 0 Å². The molecule has 2 aromatic rings. The standard InChI is InChI=1S/C25H31FO5/c1-3-29-24(27)23(25(28)30-4-2)9-7-5-6-8-19-12-16-22(17-13-19)31-18-20-10-14-21(26)15-11-20/h10-17,23H,3-9,18H2,1-2H3. The summed E-state index contributed by atoms with van der Waals surface area (Å²) in [5.74, 6) is -1.34. The molecule has 0 saturated heterocycles. The van der Waals surface area contributed by atoms with Gasteiger partial charge < -0.3 is 14.2 Å². The number of benzene rings is 2. The van der Waals surface area contributed by atoms with Crippen LogP contribution in [0.15, 0.2) is 48.5 Å². The topological polar surface area (TPSA) is 61.8 Å². The van der Waals surface area contributed by atoms with Crippen LogP contribution in [0.4, 0.5) is 4.39 Å². The molecule has 2 aromatic carbocycles. The van der Waals surface area contributed by atoms with Gasteiger partial charge in [0, 0.05) is 0 Å². The monoisotopic (exact) mass is 430 g/mol. The fraction of sp³-hybridized carbons (Fsp3) is 0.440. The summed E-state index contributed by atoms with van der Waals surface area (Å²) in [5, 5.41) is 0. The fourth-order valence-electron chi connectivity index (χ4n) is 3.17. The van der Waals surface area contributed by atoms with Crippen LogP contribution >= 0.6 is 0 Å². The van der Waals surface area contributed by atoms with Crippen molar-refractivity contribution >= 4 is 11.9 Å². The maximum Gasteiger partial charge on any atom is 0.320 e. The number of unbranched alkanes of at least 4 members (excludes halogenated alkanes) is 2. The lowest BCUT2D eigenvalue weighted by Gasteiger charge is -2.14. The van der Waals surface area contributed by atoms with Crippen molar-refractivity contribution in [2.45, 2.75) is 52.6 Å². The van der Waals surface area contributed by atoms with E-state index in [0.717, 1.165) is 37.0 Å². The van der Waals surface area contributed by atoms with E-state index in [2.05, 4.69) is 0 Å². The van der Waals surface area contributed by atoms with E-state index in [1.807, 2.05) is 24.3 Å². The average Bonchev–Trinajstić information content (AvgIpc) is 2.77. The van der Waals surface area contributed by atoms with Gasteiger partial charge >= 0.3 is 11.9 Å². The van der Waals surface area contributed by atoms with E-state index in [9.17, 15) is 14.0 Å². The molecule has 168 valence electrons. The zero-order valence-corrected chi connectivity index (χ0v) is 18.3. The van der Waals surface area contributed by atoms with Crippen molar-refractivity contribution in [3.05, 3.63) is 65.5 Å². The Labute approximate surface area is 183 Å². The summed E-state index contributed by atoms with van der Waals surface area (Å²) in [6.07, 6.45) is 3.95. The van der Waals surface area contributed by atoms with Gasteiger partial charge in [-0.3, -0.25) is 9.59 Å². The predicted octanol–water partition coefficient (Wildman–Crippen LogP) is 5.25. The highest BCUT2D eigenvalue weighted by Crippen LogP contribution is 2.18. The summed E-state index contributed by atoms with van der Waals surface area (Å²) in [6.45, 7) is 4.33. The summed E-state index contributed by atoms with van der Waals surface area (Å²) in [4.78, 5) is 24.0. The van der Waals surface area contributed by atoms with E-state index >= 15 is 0 Å². The highest BCUT2D eigenvalue weighted by Gasteiger charge is 2.28. The van der Waals surface area contributed by atoms with Gasteiger partial charge in [-0.15, -0.1) is 0 Å². The number of aryl methyl sites for hydroxylation is 1. The van der Waals surface area contributed by atoms with E-state index in [1.54, 1.807) is 26.0 Å². The number of esters is 2. The van der Waals surface area contributed by atoms with Crippen molar-refractivity contribution in [1.82, 2.24) is 0 Å². The van der Waals surface area contributed by atoms with Gasteiger partial charge in [0.25, 0.3) is 0 Å². The Balaban J connectivity index is 1.70. The van der Waals surface area contributed by atoms with Crippen LogP contribution in [-0.4, -0.2) is 25.2 Å². The minimum atomic E-state index is -0.836. The number of ether oxygens (including phenoxy) is 3. The summed E-state index contributed by atoms with van der Waals surface area (Å²) in [6, 6.07) is 14.2. The van der Waals surface area contributed by atoms with Crippen LogP contribution in [-0.2, 0) is 32.1 Å². The maximum absolute atomic E-state index is 12.9. The molecule has 0 aliphatic heterocycles. The van der Waals surface area contributed by atoms with Crippen LogP contribution < -0.4 is 4.74 Å². The molecule has 0 bridgehead atoms. The molecule has 0 spiro atoms. The Morgan fingerprint density at radius 1 is 0.806 bits per heavy atom. The van der Waals surface area contributed by atoms with Gasteiger partial charge in [-0.25, -0.2) is 4.39 Å². The minimum Gasteiger partial charge on any atom is -0.489 e. The van der Waals surface area contributed by atoms with Gasteiger partial charge in [-0.1, -0.05) is 37.1 Å². The zero-order chi connectivity index (χ0) is 22.5. The number of halogens is 1. The summed E-state index contributed by atoms with van der Waals surface area (Å²) < 4.78 is 28.7. The van der Waals surface area contributed by atoms with Crippen LogP contribution in [0, 0.1) is 11.7 Å². The fourth-order valence-corrected chi connectivity index (χ4v) is 3.17. The molecule has 2 rings (SSSR count). The molecule has 0 fully saturated rings. The van der Waals surface area contributed by atoms with Crippen LogP contribution in [0.2, 0.25) is 0 Å². The van der Waals surface area contributed by atoms with E-state index in [-0.39, 0.29) is 19.0 Å². The molecule has 0 aliphatic carbocycles. The van der Waals surface area contributed by atoms with Gasteiger partial charge in [0.2, 0.25) is 0 Å². The van der Waals surface area contributed by atoms with Gasteiger partial charge in [0.05, 0.1) is 13.2 Å². The van der Waals surface area contributed by atoms with Crippen LogP contribution in [0.5, 0.6) is 5.75 Å². The summed E-state index contributed by atoms with van der Waals surface area (Å²) in [5.41, 5.74) is 2.11. The predicted molar refractivity (Wildman–Crippen MR) is 116 cm³/mol. The van der Waals surface area contributed by atoms with Crippen LogP contribution in [0.1, 0.15) is 50.7 Å². The van der Waals surface area contributed by atoms with Crippen molar-refractivity contribution < 1.29 is 28.2 Å². The SMILES string of the molecule is CCOC(=O)C(CCCCCc1ccc(OCc2ccc(F)cc2)cc1)C(=O)OCC. The lowest BCUT2D eigenvalue weighted by molar-refractivity contribution is -0.161. The van der Waals surface area contributed by atoms with Crippen molar-refractivity contribution in [3.8, 4) is 5.75 Å². The van der Waals surface area contributed by atoms with E-state index in [4.69, 9.17) is 14.2 Å². The van der Waals surface area contributed by atoms with Crippen LogP contribution in [0.25, 0.3) is 0 Å². The van der Waals surface area contributed by atoms with Gasteiger partial charge in [-0.05, 0) is 68.5 Å². The lowest BCUT2D eigenvalue weighted by Crippen LogP contribution is -2.28. The first-order valence-corrected chi connectivity index (χ1v) is 10.8. The van der Waals surface area contributed by atoms with E-state index in [1.165, 1.54) is 17.7 Å². The molecule has 0 N–H and O–H groups in total. The molecule has 0 heterocycles. The Morgan fingerprint density at radius 3 is 1.97 bits per heavy atom. The molecule has 6 heteroatoms. The molecular weight excluding hydrogens is 399 g/mol.